The highest BCUT2D eigenvalue weighted by molar-refractivity contribution is 8.07. The lowest BCUT2D eigenvalue weighted by molar-refractivity contribution is -0.133. The molecule has 0 aromatic heterocycles. The van der Waals surface area contributed by atoms with Crippen molar-refractivity contribution in [1.82, 2.24) is 0 Å². The third kappa shape index (κ3) is 35.0. The van der Waals surface area contributed by atoms with Gasteiger partial charge in [-0.25, -0.2) is 0 Å². The Morgan fingerprint density at radius 1 is 0.424 bits per heavy atom. The monoisotopic (exact) mass is 646 g/mol. The second-order valence-corrected chi connectivity index (χ2v) is 18.2. The second kappa shape index (κ2) is 33.0. The first-order valence-electron chi connectivity index (χ1n) is 11.2. The zero-order valence-corrected chi connectivity index (χ0v) is 28.0. The zero-order chi connectivity index (χ0) is 24.1. The highest BCUT2D eigenvalue weighted by Crippen LogP contribution is 2.15. The van der Waals surface area contributed by atoms with Crippen molar-refractivity contribution >= 4 is 124 Å². The minimum Gasteiger partial charge on any atom is -0.481 e. The molecule has 0 radical (unpaired) electrons. The van der Waals surface area contributed by atoms with Gasteiger partial charge in [0.1, 0.15) is 0 Å². The van der Waals surface area contributed by atoms with Gasteiger partial charge in [0.25, 0.3) is 0 Å². The summed E-state index contributed by atoms with van der Waals surface area (Å²) in [5, 5.41) is 8.57. The van der Waals surface area contributed by atoms with Crippen LogP contribution in [0.15, 0.2) is 0 Å². The molecule has 198 valence electrons. The number of carboxylic acid groups (broad SMARTS) is 1. The molecule has 0 atom stereocenters. The number of thioether (sulfide) groups is 10. The summed E-state index contributed by atoms with van der Waals surface area (Å²) in [6, 6.07) is 0. The average Bonchev–Trinajstić information content (AvgIpc) is 2.80. The van der Waals surface area contributed by atoms with E-state index < -0.39 is 5.97 Å². The smallest absolute Gasteiger partial charge is 0.313 e. The maximum Gasteiger partial charge on any atom is 0.313 e. The Bertz CT molecular complexity index is 394. The highest BCUT2D eigenvalue weighted by Gasteiger charge is 1.98. The molecule has 0 aromatic rings. The van der Waals surface area contributed by atoms with Gasteiger partial charge in [0.2, 0.25) is 0 Å². The van der Waals surface area contributed by atoms with Crippen molar-refractivity contribution in [2.45, 2.75) is 0 Å². The van der Waals surface area contributed by atoms with Gasteiger partial charge in [0.05, 0.1) is 5.75 Å². The van der Waals surface area contributed by atoms with E-state index >= 15 is 0 Å². The molecule has 0 unspecified atom stereocenters. The number of hydrogen-bond acceptors (Lipinski definition) is 11. The second-order valence-electron chi connectivity index (χ2n) is 6.34. The van der Waals surface area contributed by atoms with Gasteiger partial charge in [-0.3, -0.25) is 4.79 Å². The molecule has 33 heavy (non-hydrogen) atoms. The molecule has 2 nitrogen and oxygen atoms in total. The van der Waals surface area contributed by atoms with Crippen LogP contribution in [0.3, 0.4) is 0 Å². The summed E-state index contributed by atoms with van der Waals surface area (Å²) in [6.07, 6.45) is 2.19. The Morgan fingerprint density at radius 2 is 0.636 bits per heavy atom. The van der Waals surface area contributed by atoms with Gasteiger partial charge >= 0.3 is 5.97 Å². The summed E-state index contributed by atoms with van der Waals surface area (Å²) in [6.45, 7) is 0. The van der Waals surface area contributed by atoms with E-state index in [4.69, 9.17) is 5.11 Å². The van der Waals surface area contributed by atoms with Crippen molar-refractivity contribution in [1.29, 1.82) is 0 Å². The Kier molecular flexibility index (Phi) is 36.0. The number of aliphatic carboxylic acids is 1. The van der Waals surface area contributed by atoms with Gasteiger partial charge in [-0.15, -0.1) is 11.8 Å². The van der Waals surface area contributed by atoms with Crippen LogP contribution in [0.5, 0.6) is 0 Å². The van der Waals surface area contributed by atoms with E-state index in [9.17, 15) is 4.79 Å². The van der Waals surface area contributed by atoms with Crippen molar-refractivity contribution in [3.05, 3.63) is 0 Å². The molecule has 0 aliphatic carbocycles. The van der Waals surface area contributed by atoms with Crippen LogP contribution in [0, 0.1) is 0 Å². The fraction of sp³-hybridized carbons (Fsp3) is 0.952. The van der Waals surface area contributed by atoms with Crippen molar-refractivity contribution in [3.8, 4) is 0 Å². The van der Waals surface area contributed by atoms with E-state index in [0.29, 0.717) is 0 Å². The molecule has 0 heterocycles. The van der Waals surface area contributed by atoms with Crippen molar-refractivity contribution < 1.29 is 9.90 Å². The van der Waals surface area contributed by atoms with E-state index in [-0.39, 0.29) is 5.75 Å². The number of rotatable bonds is 29. The number of carboxylic acids is 1. The molecular weight excluding hydrogens is 605 g/mol. The SMILES string of the molecule is CSCCSCCSCCSCCSCCSCCSCCSCCSCCSCC(=O)O. The largest absolute Gasteiger partial charge is 0.481 e. The minimum atomic E-state index is -0.706. The Morgan fingerprint density at radius 3 is 0.848 bits per heavy atom. The fourth-order valence-corrected chi connectivity index (χ4v) is 12.7. The predicted molar refractivity (Wildman–Crippen MR) is 182 cm³/mol. The number of carbonyl (C=O) groups is 1. The predicted octanol–water partition coefficient (Wildman–Crippen LogP) is 7.03. The fourth-order valence-electron chi connectivity index (χ4n) is 2.06. The zero-order valence-electron chi connectivity index (χ0n) is 19.9. The molecule has 0 saturated carbocycles. The standard InChI is InChI=1S/C21H42O2S10/c1-24-2-3-25-4-5-26-6-7-27-8-9-28-10-11-29-12-13-30-14-15-31-16-17-32-18-19-33-20-21(22)23/h2-20H2,1H3,(H,22,23). The normalized spacial score (nSPS) is 11.3. The van der Waals surface area contributed by atoms with Gasteiger partial charge < -0.3 is 5.11 Å². The van der Waals surface area contributed by atoms with E-state index in [0.717, 1.165) is 11.5 Å². The van der Waals surface area contributed by atoms with Crippen LogP contribution in [-0.4, -0.2) is 127 Å². The average molecular weight is 647 g/mol. The lowest BCUT2D eigenvalue weighted by atomic mass is 10.8. The molecule has 12 heteroatoms. The van der Waals surface area contributed by atoms with Crippen LogP contribution < -0.4 is 0 Å². The van der Waals surface area contributed by atoms with E-state index in [1.807, 2.05) is 23.5 Å². The molecule has 0 amide bonds. The summed E-state index contributed by atoms with van der Waals surface area (Å²) >= 11 is 20.2. The summed E-state index contributed by atoms with van der Waals surface area (Å²) in [5.41, 5.74) is 0. The lowest BCUT2D eigenvalue weighted by Crippen LogP contribution is -2.00. The van der Waals surface area contributed by atoms with Crippen LogP contribution in [0.4, 0.5) is 0 Å². The Hall–Kier alpha value is 2.97. The minimum absolute atomic E-state index is 0.237. The third-order valence-electron chi connectivity index (χ3n) is 3.63. The van der Waals surface area contributed by atoms with Gasteiger partial charge in [-0.1, -0.05) is 0 Å². The van der Waals surface area contributed by atoms with Crippen molar-refractivity contribution in [3.63, 3.8) is 0 Å². The van der Waals surface area contributed by atoms with Crippen LogP contribution in [-0.2, 0) is 4.79 Å². The topological polar surface area (TPSA) is 37.3 Å². The highest BCUT2D eigenvalue weighted by atomic mass is 32.2. The molecule has 1 N–H and O–H groups in total. The molecular formula is C21H42O2S10. The Balaban J connectivity index is 3.01. The van der Waals surface area contributed by atoms with E-state index in [1.54, 1.807) is 0 Å². The van der Waals surface area contributed by atoms with Crippen LogP contribution >= 0.6 is 118 Å². The quantitative estimate of drug-likeness (QED) is 0.0848. The van der Waals surface area contributed by atoms with Crippen LogP contribution in [0.1, 0.15) is 0 Å². The summed E-state index contributed by atoms with van der Waals surface area (Å²) in [7, 11) is 0. The van der Waals surface area contributed by atoms with Gasteiger partial charge in [0.15, 0.2) is 0 Å². The van der Waals surface area contributed by atoms with E-state index in [1.165, 1.54) is 104 Å². The first-order chi connectivity index (χ1) is 16.3. The van der Waals surface area contributed by atoms with Crippen molar-refractivity contribution in [2.75, 3.05) is 116 Å². The molecule has 0 saturated heterocycles. The molecule has 0 rings (SSSR count). The van der Waals surface area contributed by atoms with E-state index in [2.05, 4.69) is 88.6 Å². The number of hydrogen-bond donors (Lipinski definition) is 1. The van der Waals surface area contributed by atoms with Crippen LogP contribution in [0.25, 0.3) is 0 Å². The third-order valence-corrected chi connectivity index (χ3v) is 15.4. The van der Waals surface area contributed by atoms with Crippen molar-refractivity contribution in [2.24, 2.45) is 0 Å². The summed E-state index contributed by atoms with van der Waals surface area (Å²) in [5.74, 6) is 22.2. The maximum atomic E-state index is 10.4. The van der Waals surface area contributed by atoms with Gasteiger partial charge in [-0.05, 0) is 6.26 Å². The van der Waals surface area contributed by atoms with Crippen LogP contribution in [0.2, 0.25) is 0 Å². The molecule has 0 aliphatic heterocycles. The molecule has 0 aliphatic rings. The van der Waals surface area contributed by atoms with Gasteiger partial charge in [-0.2, -0.15) is 106 Å². The Labute approximate surface area is 246 Å². The first-order valence-corrected chi connectivity index (χ1v) is 23.0. The maximum absolute atomic E-state index is 10.4. The lowest BCUT2D eigenvalue weighted by Gasteiger charge is -2.04. The first kappa shape index (κ1) is 36.0. The summed E-state index contributed by atoms with van der Waals surface area (Å²) in [4.78, 5) is 10.4. The van der Waals surface area contributed by atoms with Gasteiger partial charge in [0, 0.05) is 104 Å². The summed E-state index contributed by atoms with van der Waals surface area (Å²) < 4.78 is 0. The molecule has 0 bridgehead atoms. The molecule has 0 spiro atoms. The molecule has 0 aromatic carbocycles. The molecule has 0 fully saturated rings.